The minimum Gasteiger partial charge on any atom is -0.495 e. The molecule has 16 heavy (non-hydrogen) atoms. The second-order valence-corrected chi connectivity index (χ2v) is 3.89. The zero-order chi connectivity index (χ0) is 11.7. The SMILES string of the molecule is COc1cc2ncc(C#N)c(Cl)c2cc1Cl. The summed E-state index contributed by atoms with van der Waals surface area (Å²) in [5, 5.41) is 10.3. The van der Waals surface area contributed by atoms with E-state index in [4.69, 9.17) is 33.2 Å². The molecule has 2 aromatic rings. The van der Waals surface area contributed by atoms with Gasteiger partial charge in [-0.15, -0.1) is 0 Å². The van der Waals surface area contributed by atoms with Crippen LogP contribution in [0.15, 0.2) is 18.3 Å². The first-order valence-electron chi connectivity index (χ1n) is 4.39. The van der Waals surface area contributed by atoms with Gasteiger partial charge in [-0.1, -0.05) is 23.2 Å². The lowest BCUT2D eigenvalue weighted by molar-refractivity contribution is 0.415. The fraction of sp³-hybridized carbons (Fsp3) is 0.0909. The average Bonchev–Trinajstić information content (AvgIpc) is 2.30. The van der Waals surface area contributed by atoms with Gasteiger partial charge < -0.3 is 4.74 Å². The summed E-state index contributed by atoms with van der Waals surface area (Å²) in [6.45, 7) is 0. The molecule has 0 fully saturated rings. The maximum atomic E-state index is 8.82. The standard InChI is InChI=1S/C11H6Cl2N2O/c1-16-10-3-9-7(2-8(10)12)11(13)6(4-14)5-15-9/h2-3,5H,1H3. The fourth-order valence-corrected chi connectivity index (χ4v) is 1.88. The molecule has 1 aromatic carbocycles. The van der Waals surface area contributed by atoms with Crippen LogP contribution in [-0.4, -0.2) is 12.1 Å². The minimum absolute atomic E-state index is 0.329. The fourth-order valence-electron chi connectivity index (χ4n) is 1.40. The lowest BCUT2D eigenvalue weighted by atomic mass is 10.1. The molecule has 5 heteroatoms. The Morgan fingerprint density at radius 1 is 1.38 bits per heavy atom. The van der Waals surface area contributed by atoms with Gasteiger partial charge in [0, 0.05) is 17.6 Å². The maximum absolute atomic E-state index is 8.82. The number of benzene rings is 1. The van der Waals surface area contributed by atoms with Crippen LogP contribution in [-0.2, 0) is 0 Å². The third-order valence-electron chi connectivity index (χ3n) is 2.20. The van der Waals surface area contributed by atoms with Crippen LogP contribution in [0.3, 0.4) is 0 Å². The second kappa shape index (κ2) is 4.17. The first kappa shape index (κ1) is 11.0. The molecule has 0 aliphatic heterocycles. The summed E-state index contributed by atoms with van der Waals surface area (Å²) in [6, 6.07) is 5.30. The molecule has 0 spiro atoms. The van der Waals surface area contributed by atoms with Crippen molar-refractivity contribution in [1.82, 2.24) is 4.98 Å². The number of nitrogens with zero attached hydrogens (tertiary/aromatic N) is 2. The van der Waals surface area contributed by atoms with E-state index in [0.29, 0.717) is 32.3 Å². The van der Waals surface area contributed by atoms with E-state index in [1.54, 1.807) is 12.1 Å². The molecule has 0 unspecified atom stereocenters. The van der Waals surface area contributed by atoms with E-state index in [-0.39, 0.29) is 0 Å². The average molecular weight is 253 g/mol. The van der Waals surface area contributed by atoms with Gasteiger partial charge in [0.15, 0.2) is 0 Å². The van der Waals surface area contributed by atoms with Crippen molar-refractivity contribution in [2.45, 2.75) is 0 Å². The molecular weight excluding hydrogens is 247 g/mol. The Kier molecular flexibility index (Phi) is 2.86. The number of methoxy groups -OCH3 is 1. The largest absolute Gasteiger partial charge is 0.495 e. The molecule has 0 saturated carbocycles. The van der Waals surface area contributed by atoms with Gasteiger partial charge in [-0.05, 0) is 6.07 Å². The third kappa shape index (κ3) is 1.67. The number of pyridine rings is 1. The monoisotopic (exact) mass is 252 g/mol. The smallest absolute Gasteiger partial charge is 0.139 e. The number of hydrogen-bond acceptors (Lipinski definition) is 3. The minimum atomic E-state index is 0.329. The van der Waals surface area contributed by atoms with E-state index in [0.717, 1.165) is 0 Å². The van der Waals surface area contributed by atoms with Gasteiger partial charge in [-0.3, -0.25) is 4.98 Å². The molecule has 0 aliphatic carbocycles. The Morgan fingerprint density at radius 2 is 2.12 bits per heavy atom. The van der Waals surface area contributed by atoms with E-state index >= 15 is 0 Å². The van der Waals surface area contributed by atoms with Crippen molar-refractivity contribution in [3.63, 3.8) is 0 Å². The number of halogens is 2. The number of fused-ring (bicyclic) bond motifs is 1. The van der Waals surface area contributed by atoms with Crippen molar-refractivity contribution in [2.24, 2.45) is 0 Å². The normalized spacial score (nSPS) is 10.1. The van der Waals surface area contributed by atoms with Crippen molar-refractivity contribution >= 4 is 34.1 Å². The summed E-state index contributed by atoms with van der Waals surface area (Å²) >= 11 is 12.0. The number of aromatic nitrogens is 1. The highest BCUT2D eigenvalue weighted by Crippen LogP contribution is 2.33. The van der Waals surface area contributed by atoms with Crippen molar-refractivity contribution < 1.29 is 4.74 Å². The zero-order valence-corrected chi connectivity index (χ0v) is 9.80. The molecule has 2 rings (SSSR count). The van der Waals surface area contributed by atoms with Crippen molar-refractivity contribution in [2.75, 3.05) is 7.11 Å². The zero-order valence-electron chi connectivity index (χ0n) is 8.29. The van der Waals surface area contributed by atoms with Crippen LogP contribution in [0, 0.1) is 11.3 Å². The van der Waals surface area contributed by atoms with Gasteiger partial charge in [-0.25, -0.2) is 0 Å². The van der Waals surface area contributed by atoms with Crippen molar-refractivity contribution in [1.29, 1.82) is 5.26 Å². The summed E-state index contributed by atoms with van der Waals surface area (Å²) in [7, 11) is 1.53. The predicted molar refractivity (Wildman–Crippen MR) is 63.0 cm³/mol. The highest BCUT2D eigenvalue weighted by Gasteiger charge is 2.10. The predicted octanol–water partition coefficient (Wildman–Crippen LogP) is 3.42. The highest BCUT2D eigenvalue weighted by molar-refractivity contribution is 6.38. The Bertz CT molecular complexity index is 605. The number of ether oxygens (including phenoxy) is 1. The van der Waals surface area contributed by atoms with E-state index in [1.807, 2.05) is 6.07 Å². The molecule has 0 atom stereocenters. The molecule has 0 bridgehead atoms. The summed E-state index contributed by atoms with van der Waals surface area (Å²) < 4.78 is 5.07. The van der Waals surface area contributed by atoms with Gasteiger partial charge in [0.05, 0.1) is 28.2 Å². The first-order valence-corrected chi connectivity index (χ1v) is 5.15. The number of hydrogen-bond donors (Lipinski definition) is 0. The highest BCUT2D eigenvalue weighted by atomic mass is 35.5. The summed E-state index contributed by atoms with van der Waals surface area (Å²) in [5.41, 5.74) is 0.973. The quantitative estimate of drug-likeness (QED) is 0.782. The number of nitriles is 1. The maximum Gasteiger partial charge on any atom is 0.139 e. The van der Waals surface area contributed by atoms with E-state index in [9.17, 15) is 0 Å². The van der Waals surface area contributed by atoms with Gasteiger partial charge in [-0.2, -0.15) is 5.26 Å². The molecule has 3 nitrogen and oxygen atoms in total. The summed E-state index contributed by atoms with van der Waals surface area (Å²) in [5.74, 6) is 0.530. The second-order valence-electron chi connectivity index (χ2n) is 3.10. The molecule has 0 aliphatic rings. The topological polar surface area (TPSA) is 45.9 Å². The van der Waals surface area contributed by atoms with E-state index in [1.165, 1.54) is 13.3 Å². The van der Waals surface area contributed by atoms with Gasteiger partial charge in [0.25, 0.3) is 0 Å². The lowest BCUT2D eigenvalue weighted by Gasteiger charge is -2.06. The Morgan fingerprint density at radius 3 is 2.75 bits per heavy atom. The van der Waals surface area contributed by atoms with Crippen LogP contribution >= 0.6 is 23.2 Å². The van der Waals surface area contributed by atoms with Gasteiger partial charge in [0.1, 0.15) is 11.8 Å². The van der Waals surface area contributed by atoms with E-state index < -0.39 is 0 Å². The first-order chi connectivity index (χ1) is 7.67. The summed E-state index contributed by atoms with van der Waals surface area (Å²) in [4.78, 5) is 4.12. The van der Waals surface area contributed by atoms with E-state index in [2.05, 4.69) is 4.98 Å². The molecule has 0 saturated heterocycles. The summed E-state index contributed by atoms with van der Waals surface area (Å²) in [6.07, 6.45) is 1.43. The van der Waals surface area contributed by atoms with Crippen LogP contribution in [0.1, 0.15) is 5.56 Å². The molecule has 0 radical (unpaired) electrons. The third-order valence-corrected chi connectivity index (χ3v) is 2.90. The van der Waals surface area contributed by atoms with Crippen LogP contribution in [0.4, 0.5) is 0 Å². The molecule has 0 N–H and O–H groups in total. The molecule has 1 aromatic heterocycles. The Labute approximate surface area is 102 Å². The Balaban J connectivity index is 2.82. The van der Waals surface area contributed by atoms with Gasteiger partial charge >= 0.3 is 0 Å². The van der Waals surface area contributed by atoms with Crippen molar-refractivity contribution in [3.05, 3.63) is 33.9 Å². The number of rotatable bonds is 1. The van der Waals surface area contributed by atoms with Crippen molar-refractivity contribution in [3.8, 4) is 11.8 Å². The molecule has 1 heterocycles. The van der Waals surface area contributed by atoms with Gasteiger partial charge in [0.2, 0.25) is 0 Å². The Hall–Kier alpha value is -1.50. The molecular formula is C11H6Cl2N2O. The molecule has 80 valence electrons. The molecule has 0 amide bonds. The van der Waals surface area contributed by atoms with Crippen LogP contribution in [0.5, 0.6) is 5.75 Å². The lowest BCUT2D eigenvalue weighted by Crippen LogP contribution is -1.89. The van der Waals surface area contributed by atoms with Crippen LogP contribution in [0.2, 0.25) is 10.0 Å². The van der Waals surface area contributed by atoms with Crippen LogP contribution in [0.25, 0.3) is 10.9 Å². The van der Waals surface area contributed by atoms with Crippen LogP contribution < -0.4 is 4.74 Å².